The lowest BCUT2D eigenvalue weighted by molar-refractivity contribution is 1.09. The van der Waals surface area contributed by atoms with Crippen molar-refractivity contribution in [2.75, 3.05) is 47.5 Å². The molecule has 0 aromatic carbocycles. The molecule has 0 saturated carbocycles. The maximum atomic E-state index is 5.14. The molecule has 1 aliphatic rings. The molecule has 2 aromatic rings. The molecule has 0 amide bonds. The molecule has 0 radical (unpaired) electrons. The molecular weight excluding hydrogens is 278 g/mol. The van der Waals surface area contributed by atoms with E-state index in [-0.39, 0.29) is 35.7 Å². The fourth-order valence-corrected chi connectivity index (χ4v) is 0.854. The van der Waals surface area contributed by atoms with Crippen molar-refractivity contribution < 1.29 is 0 Å². The van der Waals surface area contributed by atoms with Crippen molar-refractivity contribution in [3.05, 3.63) is 0 Å². The van der Waals surface area contributed by atoms with Gasteiger partial charge < -0.3 is 39.7 Å². The fourth-order valence-electron chi connectivity index (χ4n) is 0.854. The summed E-state index contributed by atoms with van der Waals surface area (Å²) in [6.07, 6.45) is 0. The van der Waals surface area contributed by atoms with E-state index in [9.17, 15) is 0 Å². The highest BCUT2D eigenvalue weighted by molar-refractivity contribution is 5.33. The van der Waals surface area contributed by atoms with Crippen LogP contribution in [0.25, 0.3) is 0 Å². The third-order valence-electron chi connectivity index (χ3n) is 1.62. The molecule has 114 valence electrons. The van der Waals surface area contributed by atoms with Crippen LogP contribution >= 0.6 is 0 Å². The Balaban J connectivity index is 0.000000175. The molecule has 21 heavy (non-hydrogen) atoms. The average molecular weight is 295 g/mol. The van der Waals surface area contributed by atoms with Gasteiger partial charge in [0.15, 0.2) is 0 Å². The molecule has 3 rings (SSSR count). The lowest BCUT2D eigenvalue weighted by atomic mass is 10.9. The maximum absolute atomic E-state index is 5.14. The fraction of sp³-hybridized carbons (Fsp3) is 0.250. The summed E-state index contributed by atoms with van der Waals surface area (Å²) in [5.74, 6) is 0.250. The maximum Gasteiger partial charge on any atom is 0.226 e. The van der Waals surface area contributed by atoms with Crippen LogP contribution in [0.5, 0.6) is 0 Å². The molecule has 13 N–H and O–H groups in total. The number of rotatable bonds is 0. The van der Waals surface area contributed by atoms with Crippen LogP contribution < -0.4 is 39.7 Å². The Labute approximate surface area is 119 Å². The molecule has 0 aliphatic carbocycles. The molecule has 1 aliphatic heterocycles. The van der Waals surface area contributed by atoms with Gasteiger partial charge in [0.2, 0.25) is 35.7 Å². The van der Waals surface area contributed by atoms with Gasteiger partial charge in [-0.15, -0.1) is 0 Å². The van der Waals surface area contributed by atoms with E-state index in [2.05, 4.69) is 35.2 Å². The topological polar surface area (TPSA) is 255 Å². The van der Waals surface area contributed by atoms with Crippen molar-refractivity contribution in [1.82, 2.24) is 35.2 Å². The Hall–Kier alpha value is -3.22. The Bertz CT molecular complexity index is 429. The number of nitrogens with two attached hydrogens (primary N) is 6. The lowest BCUT2D eigenvalue weighted by Gasteiger charge is -1.93. The highest BCUT2D eigenvalue weighted by Gasteiger charge is 1.94. The van der Waals surface area contributed by atoms with E-state index in [4.69, 9.17) is 34.4 Å². The standard InChI is InChI=1S/2C3H6N6.C2H5N/c2*4-1-7-2(5)9-3(6)8-1;1-2-3-1/h2*(H6,4,5,6,7,8,9);3H,1-2H2. The molecule has 0 bridgehead atoms. The van der Waals surface area contributed by atoms with Crippen LogP contribution in [-0.4, -0.2) is 43.0 Å². The van der Waals surface area contributed by atoms with Gasteiger partial charge in [-0.05, 0) is 0 Å². The monoisotopic (exact) mass is 295 g/mol. The lowest BCUT2D eigenvalue weighted by Crippen LogP contribution is -2.05. The van der Waals surface area contributed by atoms with Crippen molar-refractivity contribution in [3.8, 4) is 0 Å². The van der Waals surface area contributed by atoms with Crippen LogP contribution in [0.15, 0.2) is 0 Å². The van der Waals surface area contributed by atoms with E-state index in [1.54, 1.807) is 0 Å². The Morgan fingerprint density at radius 3 is 0.714 bits per heavy atom. The molecule has 3 heterocycles. The molecular formula is C8H17N13. The number of aromatic nitrogens is 6. The van der Waals surface area contributed by atoms with E-state index in [1.807, 2.05) is 0 Å². The number of nitrogens with zero attached hydrogens (tertiary/aromatic N) is 6. The van der Waals surface area contributed by atoms with E-state index in [1.165, 1.54) is 13.1 Å². The summed E-state index contributed by atoms with van der Waals surface area (Å²) >= 11 is 0. The normalized spacial score (nSPS) is 11.4. The van der Waals surface area contributed by atoms with Gasteiger partial charge in [-0.2, -0.15) is 29.9 Å². The Morgan fingerprint density at radius 1 is 0.476 bits per heavy atom. The Morgan fingerprint density at radius 2 is 0.619 bits per heavy atom. The van der Waals surface area contributed by atoms with Gasteiger partial charge in [-0.3, -0.25) is 0 Å². The number of hydrogen-bond acceptors (Lipinski definition) is 13. The van der Waals surface area contributed by atoms with Crippen molar-refractivity contribution in [1.29, 1.82) is 0 Å². The molecule has 0 spiro atoms. The molecule has 0 unspecified atom stereocenters. The Kier molecular flexibility index (Phi) is 5.57. The van der Waals surface area contributed by atoms with E-state index in [0.717, 1.165) is 0 Å². The minimum Gasteiger partial charge on any atom is -0.368 e. The van der Waals surface area contributed by atoms with Crippen LogP contribution in [0.4, 0.5) is 35.7 Å². The highest BCUT2D eigenvalue weighted by atomic mass is 15.2. The minimum atomic E-state index is 0.0417. The molecule has 13 nitrogen and oxygen atoms in total. The van der Waals surface area contributed by atoms with Gasteiger partial charge in [-0.1, -0.05) is 0 Å². The zero-order valence-corrected chi connectivity index (χ0v) is 11.1. The predicted molar refractivity (Wildman–Crippen MR) is 79.0 cm³/mol. The minimum absolute atomic E-state index is 0.0417. The zero-order valence-electron chi connectivity index (χ0n) is 11.1. The smallest absolute Gasteiger partial charge is 0.226 e. The SMILES string of the molecule is C1CN1.Nc1nc(N)nc(N)n1.Nc1nc(N)nc(N)n1. The van der Waals surface area contributed by atoms with E-state index in [0.29, 0.717) is 0 Å². The number of anilines is 6. The van der Waals surface area contributed by atoms with Crippen LogP contribution in [0.1, 0.15) is 0 Å². The van der Waals surface area contributed by atoms with Gasteiger partial charge >= 0.3 is 0 Å². The number of nitrogen functional groups attached to an aromatic ring is 6. The zero-order chi connectivity index (χ0) is 15.8. The van der Waals surface area contributed by atoms with Gasteiger partial charge in [-0.25, -0.2) is 0 Å². The van der Waals surface area contributed by atoms with Crippen molar-refractivity contribution in [2.45, 2.75) is 0 Å². The van der Waals surface area contributed by atoms with E-state index < -0.39 is 0 Å². The first-order valence-electron chi connectivity index (χ1n) is 5.62. The second-order valence-electron chi connectivity index (χ2n) is 3.57. The van der Waals surface area contributed by atoms with Gasteiger partial charge in [0.25, 0.3) is 0 Å². The summed E-state index contributed by atoms with van der Waals surface area (Å²) in [6.45, 7) is 2.50. The quantitative estimate of drug-likeness (QED) is 0.237. The summed E-state index contributed by atoms with van der Waals surface area (Å²) in [6, 6.07) is 0. The average Bonchev–Trinajstić information content (AvgIpc) is 3.11. The van der Waals surface area contributed by atoms with Gasteiger partial charge in [0, 0.05) is 13.1 Å². The van der Waals surface area contributed by atoms with Crippen LogP contribution in [0.3, 0.4) is 0 Å². The third kappa shape index (κ3) is 7.73. The number of hydrogen-bond donors (Lipinski definition) is 7. The van der Waals surface area contributed by atoms with Crippen molar-refractivity contribution >= 4 is 35.7 Å². The van der Waals surface area contributed by atoms with Crippen LogP contribution in [-0.2, 0) is 0 Å². The van der Waals surface area contributed by atoms with Gasteiger partial charge in [0.1, 0.15) is 0 Å². The van der Waals surface area contributed by atoms with Crippen molar-refractivity contribution in [3.63, 3.8) is 0 Å². The van der Waals surface area contributed by atoms with Crippen LogP contribution in [0.2, 0.25) is 0 Å². The highest BCUT2D eigenvalue weighted by Crippen LogP contribution is 1.98. The van der Waals surface area contributed by atoms with Gasteiger partial charge in [0.05, 0.1) is 0 Å². The summed E-state index contributed by atoms with van der Waals surface area (Å²) < 4.78 is 0. The second kappa shape index (κ2) is 7.39. The molecule has 0 atom stereocenters. The summed E-state index contributed by atoms with van der Waals surface area (Å²) in [5.41, 5.74) is 30.8. The van der Waals surface area contributed by atoms with Crippen molar-refractivity contribution in [2.24, 2.45) is 0 Å². The first-order chi connectivity index (χ1) is 9.86. The predicted octanol–water partition coefficient (Wildman–Crippen LogP) is -3.17. The summed E-state index contributed by atoms with van der Waals surface area (Å²) in [5, 5.41) is 3.00. The van der Waals surface area contributed by atoms with Crippen LogP contribution in [0, 0.1) is 0 Å². The first-order valence-corrected chi connectivity index (χ1v) is 5.62. The second-order valence-corrected chi connectivity index (χ2v) is 3.57. The third-order valence-corrected chi connectivity index (χ3v) is 1.62. The van der Waals surface area contributed by atoms with E-state index >= 15 is 0 Å². The molecule has 1 fully saturated rings. The number of nitrogens with one attached hydrogen (secondary N) is 1. The molecule has 13 heteroatoms. The summed E-state index contributed by atoms with van der Waals surface area (Å²) in [4.78, 5) is 20.9. The summed E-state index contributed by atoms with van der Waals surface area (Å²) in [7, 11) is 0. The largest absolute Gasteiger partial charge is 0.368 e. The molecule has 2 aromatic heterocycles. The first kappa shape index (κ1) is 15.8. The molecule has 1 saturated heterocycles.